The summed E-state index contributed by atoms with van der Waals surface area (Å²) in [6, 6.07) is 5.29. The number of benzene rings is 1. The maximum absolute atomic E-state index is 10.6. The first-order valence-electron chi connectivity index (χ1n) is 4.95. The van der Waals surface area contributed by atoms with Gasteiger partial charge in [-0.1, -0.05) is 0 Å². The molecule has 0 aromatic heterocycles. The van der Waals surface area contributed by atoms with Crippen molar-refractivity contribution < 1.29 is 4.92 Å². The van der Waals surface area contributed by atoms with E-state index in [0.29, 0.717) is 6.04 Å². The van der Waals surface area contributed by atoms with Gasteiger partial charge in [0, 0.05) is 34.1 Å². The van der Waals surface area contributed by atoms with Crippen LogP contribution >= 0.6 is 27.7 Å². The fourth-order valence-electron chi connectivity index (χ4n) is 1.60. The number of nitro groups is 1. The number of thioether (sulfide) groups is 1. The van der Waals surface area contributed by atoms with E-state index >= 15 is 0 Å². The molecule has 0 saturated carbocycles. The minimum atomic E-state index is -0.389. The Morgan fingerprint density at radius 2 is 2.38 bits per heavy atom. The van der Waals surface area contributed by atoms with E-state index in [-0.39, 0.29) is 10.6 Å². The molecule has 0 spiro atoms. The quantitative estimate of drug-likeness (QED) is 0.688. The molecule has 0 aliphatic carbocycles. The summed E-state index contributed by atoms with van der Waals surface area (Å²) in [4.78, 5) is 10.2. The highest BCUT2D eigenvalue weighted by Gasteiger charge is 2.17. The van der Waals surface area contributed by atoms with Crippen LogP contribution < -0.4 is 5.32 Å². The Balaban J connectivity index is 2.12. The van der Waals surface area contributed by atoms with Gasteiger partial charge in [-0.05, 0) is 34.2 Å². The summed E-state index contributed by atoms with van der Waals surface area (Å²) < 4.78 is 0.749. The number of hydrogen-bond donors (Lipinski definition) is 1. The van der Waals surface area contributed by atoms with Gasteiger partial charge < -0.3 is 5.32 Å². The molecule has 1 saturated heterocycles. The van der Waals surface area contributed by atoms with Crippen molar-refractivity contribution in [2.45, 2.75) is 12.5 Å². The molecule has 1 N–H and O–H groups in total. The van der Waals surface area contributed by atoms with Crippen LogP contribution in [0.15, 0.2) is 22.7 Å². The summed E-state index contributed by atoms with van der Waals surface area (Å²) in [5, 5.41) is 14.0. The second-order valence-corrected chi connectivity index (χ2v) is 5.63. The Kier molecular flexibility index (Phi) is 3.70. The van der Waals surface area contributed by atoms with E-state index in [0.717, 1.165) is 22.3 Å². The van der Waals surface area contributed by atoms with E-state index in [2.05, 4.69) is 21.2 Å². The normalized spacial score (nSPS) is 19.7. The number of anilines is 1. The van der Waals surface area contributed by atoms with Gasteiger partial charge in [0.2, 0.25) is 0 Å². The summed E-state index contributed by atoms with van der Waals surface area (Å²) in [7, 11) is 0. The van der Waals surface area contributed by atoms with Crippen molar-refractivity contribution in [3.63, 3.8) is 0 Å². The molecule has 16 heavy (non-hydrogen) atoms. The smallest absolute Gasteiger partial charge is 0.270 e. The second-order valence-electron chi connectivity index (χ2n) is 3.63. The lowest BCUT2D eigenvalue weighted by atomic mass is 10.2. The third kappa shape index (κ3) is 2.68. The van der Waals surface area contributed by atoms with Crippen LogP contribution in [0.4, 0.5) is 11.4 Å². The van der Waals surface area contributed by atoms with E-state index in [9.17, 15) is 10.1 Å². The monoisotopic (exact) mass is 302 g/mol. The Hall–Kier alpha value is -0.750. The average molecular weight is 303 g/mol. The second kappa shape index (κ2) is 5.05. The van der Waals surface area contributed by atoms with E-state index < -0.39 is 0 Å². The molecule has 2 rings (SSSR count). The van der Waals surface area contributed by atoms with Gasteiger partial charge in [-0.15, -0.1) is 0 Å². The van der Waals surface area contributed by atoms with Crippen LogP contribution in [0.2, 0.25) is 0 Å². The van der Waals surface area contributed by atoms with Crippen molar-refractivity contribution in [3.05, 3.63) is 32.8 Å². The highest BCUT2D eigenvalue weighted by Crippen LogP contribution is 2.29. The Morgan fingerprint density at radius 1 is 1.56 bits per heavy atom. The molecule has 6 heteroatoms. The topological polar surface area (TPSA) is 55.2 Å². The summed E-state index contributed by atoms with van der Waals surface area (Å²) >= 11 is 5.28. The van der Waals surface area contributed by atoms with Crippen molar-refractivity contribution in [3.8, 4) is 0 Å². The van der Waals surface area contributed by atoms with Crippen LogP contribution in [0, 0.1) is 10.1 Å². The molecule has 1 aliphatic rings. The lowest BCUT2D eigenvalue weighted by Gasteiger charge is -2.13. The van der Waals surface area contributed by atoms with Gasteiger partial charge in [0.05, 0.1) is 4.92 Å². The summed E-state index contributed by atoms with van der Waals surface area (Å²) in [6.07, 6.45) is 1.15. The van der Waals surface area contributed by atoms with Gasteiger partial charge in [0.15, 0.2) is 0 Å². The number of nitrogens with one attached hydrogen (secondary N) is 1. The van der Waals surface area contributed by atoms with E-state index in [4.69, 9.17) is 0 Å². The standard InChI is InChI=1S/C10H11BrN2O2S/c11-9-5-8(13(14)15)1-2-10(9)12-7-3-4-16-6-7/h1-2,5,7,12H,3-4,6H2. The van der Waals surface area contributed by atoms with Crippen LogP contribution in [0.5, 0.6) is 0 Å². The van der Waals surface area contributed by atoms with Crippen molar-refractivity contribution in [1.29, 1.82) is 0 Å². The van der Waals surface area contributed by atoms with E-state index in [1.165, 1.54) is 17.9 Å². The van der Waals surface area contributed by atoms with Crippen LogP contribution in [-0.4, -0.2) is 22.5 Å². The predicted molar refractivity (Wildman–Crippen MR) is 70.1 cm³/mol. The number of rotatable bonds is 3. The summed E-state index contributed by atoms with van der Waals surface area (Å²) in [5.74, 6) is 2.28. The molecule has 1 aromatic rings. The van der Waals surface area contributed by atoms with E-state index in [1.54, 1.807) is 6.07 Å². The molecule has 1 fully saturated rings. The van der Waals surface area contributed by atoms with Gasteiger partial charge in [0.25, 0.3) is 5.69 Å². The predicted octanol–water partition coefficient (Wildman–Crippen LogP) is 3.27. The molecule has 0 bridgehead atoms. The molecule has 1 unspecified atom stereocenters. The average Bonchev–Trinajstić information content (AvgIpc) is 2.73. The molecule has 0 amide bonds. The van der Waals surface area contributed by atoms with Gasteiger partial charge >= 0.3 is 0 Å². The largest absolute Gasteiger partial charge is 0.381 e. The maximum Gasteiger partial charge on any atom is 0.270 e. The highest BCUT2D eigenvalue weighted by atomic mass is 79.9. The molecule has 1 aromatic carbocycles. The molecule has 0 radical (unpaired) electrons. The van der Waals surface area contributed by atoms with Crippen LogP contribution in [0.25, 0.3) is 0 Å². The molecule has 4 nitrogen and oxygen atoms in total. The first-order chi connectivity index (χ1) is 7.66. The summed E-state index contributed by atoms with van der Waals surface area (Å²) in [5.41, 5.74) is 1.04. The lowest BCUT2D eigenvalue weighted by Crippen LogP contribution is -2.18. The zero-order valence-corrected chi connectivity index (χ0v) is 10.9. The minimum Gasteiger partial charge on any atom is -0.381 e. The number of nitro benzene ring substituents is 1. The lowest BCUT2D eigenvalue weighted by molar-refractivity contribution is -0.384. The number of halogens is 1. The Bertz CT molecular complexity index is 408. The third-order valence-corrected chi connectivity index (χ3v) is 4.27. The number of hydrogen-bond acceptors (Lipinski definition) is 4. The van der Waals surface area contributed by atoms with Gasteiger partial charge in [-0.2, -0.15) is 11.8 Å². The molecule has 1 heterocycles. The van der Waals surface area contributed by atoms with Crippen molar-refractivity contribution >= 4 is 39.1 Å². The maximum atomic E-state index is 10.6. The zero-order chi connectivity index (χ0) is 11.5. The van der Waals surface area contributed by atoms with Crippen LogP contribution in [0.3, 0.4) is 0 Å². The molecule has 86 valence electrons. The van der Waals surface area contributed by atoms with Crippen molar-refractivity contribution in [2.24, 2.45) is 0 Å². The minimum absolute atomic E-state index is 0.109. The van der Waals surface area contributed by atoms with Crippen molar-refractivity contribution in [2.75, 3.05) is 16.8 Å². The van der Waals surface area contributed by atoms with E-state index in [1.807, 2.05) is 11.8 Å². The van der Waals surface area contributed by atoms with Crippen molar-refractivity contribution in [1.82, 2.24) is 0 Å². The summed E-state index contributed by atoms with van der Waals surface area (Å²) in [6.45, 7) is 0. The highest BCUT2D eigenvalue weighted by molar-refractivity contribution is 9.10. The first-order valence-corrected chi connectivity index (χ1v) is 6.90. The first kappa shape index (κ1) is 11.7. The Morgan fingerprint density at radius 3 is 2.94 bits per heavy atom. The van der Waals surface area contributed by atoms with Gasteiger partial charge in [-0.25, -0.2) is 0 Å². The van der Waals surface area contributed by atoms with Crippen LogP contribution in [-0.2, 0) is 0 Å². The zero-order valence-electron chi connectivity index (χ0n) is 8.48. The fourth-order valence-corrected chi connectivity index (χ4v) is 3.24. The molecule has 1 atom stereocenters. The van der Waals surface area contributed by atoms with Gasteiger partial charge in [0.1, 0.15) is 0 Å². The van der Waals surface area contributed by atoms with Gasteiger partial charge in [-0.3, -0.25) is 10.1 Å². The molecular weight excluding hydrogens is 292 g/mol. The SMILES string of the molecule is O=[N+]([O-])c1ccc(NC2CCSC2)c(Br)c1. The molecule has 1 aliphatic heterocycles. The molecular formula is C10H11BrN2O2S. The number of non-ortho nitro benzene ring substituents is 1. The fraction of sp³-hybridized carbons (Fsp3) is 0.400. The van der Waals surface area contributed by atoms with Crippen LogP contribution in [0.1, 0.15) is 6.42 Å². The number of nitrogens with zero attached hydrogens (tertiary/aromatic N) is 1. The third-order valence-electron chi connectivity index (χ3n) is 2.45. The Labute approximate surface area is 106 Å².